The Bertz CT molecular complexity index is 1260. The summed E-state index contributed by atoms with van der Waals surface area (Å²) < 4.78 is 6.61. The zero-order valence-electron chi connectivity index (χ0n) is 21.3. The summed E-state index contributed by atoms with van der Waals surface area (Å²) in [6.07, 6.45) is 8.94. The third-order valence-corrected chi connectivity index (χ3v) is 9.69. The number of likely N-dealkylation sites (tertiary alicyclic amines) is 1. The highest BCUT2D eigenvalue weighted by Gasteiger charge is 2.76. The molecule has 2 aromatic rings. The van der Waals surface area contributed by atoms with Crippen LogP contribution >= 0.6 is 22.9 Å². The van der Waals surface area contributed by atoms with Gasteiger partial charge in [0.2, 0.25) is 17.7 Å². The number of ether oxygens (including phenoxy) is 1. The summed E-state index contributed by atoms with van der Waals surface area (Å²) >= 11 is 7.66. The average molecular weight is 554 g/mol. The first kappa shape index (κ1) is 25.6. The highest BCUT2D eigenvalue weighted by molar-refractivity contribution is 7.09. The maximum Gasteiger partial charge on any atom is 0.246 e. The molecule has 3 amide bonds. The first-order chi connectivity index (χ1) is 18.3. The number of fused-ring (bicyclic) bond motifs is 1. The highest BCUT2D eigenvalue weighted by Crippen LogP contribution is 2.59. The van der Waals surface area contributed by atoms with Crippen molar-refractivity contribution in [3.8, 4) is 0 Å². The van der Waals surface area contributed by atoms with Crippen LogP contribution in [0.1, 0.15) is 49.5 Å². The van der Waals surface area contributed by atoms with E-state index in [0.29, 0.717) is 11.6 Å². The van der Waals surface area contributed by atoms with Crippen LogP contribution in [0.15, 0.2) is 53.9 Å². The standard InChI is InChI=1S/C29H32ClN3O4S/c1-28-13-14-29(37-28)23(22(28)25(34)31-16-21-8-5-15-38-21)27(36)33(17-18-9-11-19(30)12-10-18)24(29)26(35)32-20-6-3-2-4-7-20/h5,8-15,20,22-24H,2-4,6-7,16-17H2,1H3,(H,31,34)(H,32,35)/t22-,23+,24+,28+,29-/m1/s1. The largest absolute Gasteiger partial charge is 0.356 e. The molecule has 0 unspecified atom stereocenters. The quantitative estimate of drug-likeness (QED) is 0.503. The predicted octanol–water partition coefficient (Wildman–Crippen LogP) is 4.21. The van der Waals surface area contributed by atoms with Gasteiger partial charge < -0.3 is 20.3 Å². The maximum atomic E-state index is 14.2. The molecule has 5 atom stereocenters. The van der Waals surface area contributed by atoms with Crippen LogP contribution in [-0.4, -0.2) is 45.9 Å². The van der Waals surface area contributed by atoms with E-state index in [-0.39, 0.29) is 30.3 Å². The lowest BCUT2D eigenvalue weighted by Gasteiger charge is -2.34. The number of rotatable bonds is 7. The third kappa shape index (κ3) is 4.27. The average Bonchev–Trinajstić information content (AvgIpc) is 3.65. The lowest BCUT2D eigenvalue weighted by atomic mass is 9.70. The number of hydrogen-bond acceptors (Lipinski definition) is 5. The highest BCUT2D eigenvalue weighted by atomic mass is 35.5. The van der Waals surface area contributed by atoms with Gasteiger partial charge in [-0.1, -0.05) is 61.2 Å². The van der Waals surface area contributed by atoms with Crippen molar-refractivity contribution in [3.63, 3.8) is 0 Å². The molecule has 3 fully saturated rings. The van der Waals surface area contributed by atoms with Crippen LogP contribution in [0.4, 0.5) is 0 Å². The summed E-state index contributed by atoms with van der Waals surface area (Å²) in [5, 5.41) is 8.81. The Hall–Kier alpha value is -2.68. The Labute approximate surface area is 231 Å². The summed E-state index contributed by atoms with van der Waals surface area (Å²) in [6.45, 7) is 2.47. The van der Waals surface area contributed by atoms with Crippen LogP contribution in [0.25, 0.3) is 0 Å². The van der Waals surface area contributed by atoms with E-state index in [1.54, 1.807) is 28.4 Å². The van der Waals surface area contributed by atoms with Crippen molar-refractivity contribution in [1.29, 1.82) is 0 Å². The molecule has 1 aliphatic carbocycles. The molecule has 4 aliphatic rings. The SMILES string of the molecule is C[C@@]12C=C[C@@]3(O1)[C@H](C(=O)N(Cc1ccc(Cl)cc1)[C@H]3C(=O)NC1CCCCC1)[C@@H]2C(=O)NCc1cccs1. The van der Waals surface area contributed by atoms with Crippen LogP contribution in [0.2, 0.25) is 5.02 Å². The topological polar surface area (TPSA) is 87.7 Å². The molecule has 0 radical (unpaired) electrons. The Morgan fingerprint density at radius 2 is 1.87 bits per heavy atom. The van der Waals surface area contributed by atoms with Gasteiger partial charge in [-0.2, -0.15) is 0 Å². The number of nitrogens with zero attached hydrogens (tertiary/aromatic N) is 1. The summed E-state index contributed by atoms with van der Waals surface area (Å²) in [5.41, 5.74) is -1.30. The molecule has 2 saturated heterocycles. The van der Waals surface area contributed by atoms with Crippen LogP contribution < -0.4 is 10.6 Å². The van der Waals surface area contributed by atoms with Crippen LogP contribution in [0, 0.1) is 11.8 Å². The third-order valence-electron chi connectivity index (χ3n) is 8.56. The second kappa shape index (κ2) is 9.81. The van der Waals surface area contributed by atoms with E-state index in [4.69, 9.17) is 16.3 Å². The molecule has 1 aromatic heterocycles. The Morgan fingerprint density at radius 3 is 2.58 bits per heavy atom. The maximum absolute atomic E-state index is 14.2. The lowest BCUT2D eigenvalue weighted by molar-refractivity contribution is -0.145. The number of amides is 3. The van der Waals surface area contributed by atoms with Gasteiger partial charge in [-0.3, -0.25) is 14.4 Å². The second-order valence-corrected chi connectivity index (χ2v) is 12.5. The predicted molar refractivity (Wildman–Crippen MR) is 145 cm³/mol. The summed E-state index contributed by atoms with van der Waals surface area (Å²) in [7, 11) is 0. The molecule has 9 heteroatoms. The van der Waals surface area contributed by atoms with Gasteiger partial charge in [0.05, 0.1) is 24.0 Å². The molecule has 1 saturated carbocycles. The summed E-state index contributed by atoms with van der Waals surface area (Å²) in [5.74, 6) is -2.19. The van der Waals surface area contributed by atoms with Crippen LogP contribution in [0.3, 0.4) is 0 Å². The second-order valence-electron chi connectivity index (χ2n) is 11.1. The van der Waals surface area contributed by atoms with E-state index < -0.39 is 29.1 Å². The number of thiophene rings is 1. The molecular formula is C29H32ClN3O4S. The number of carbonyl (C=O) groups excluding carboxylic acids is 3. The van der Waals surface area contributed by atoms with E-state index in [1.807, 2.05) is 48.7 Å². The van der Waals surface area contributed by atoms with Gasteiger partial charge in [-0.15, -0.1) is 11.3 Å². The van der Waals surface area contributed by atoms with Crippen molar-refractivity contribution in [2.24, 2.45) is 11.8 Å². The molecular weight excluding hydrogens is 522 g/mol. The first-order valence-electron chi connectivity index (χ1n) is 13.4. The zero-order chi connectivity index (χ0) is 26.5. The fourth-order valence-corrected chi connectivity index (χ4v) is 7.58. The van der Waals surface area contributed by atoms with E-state index in [0.717, 1.165) is 36.1 Å². The monoisotopic (exact) mass is 553 g/mol. The van der Waals surface area contributed by atoms with Crippen molar-refractivity contribution in [2.45, 2.75) is 75.4 Å². The van der Waals surface area contributed by atoms with Crippen LogP contribution in [-0.2, 0) is 32.2 Å². The molecule has 38 heavy (non-hydrogen) atoms. The van der Waals surface area contributed by atoms with Gasteiger partial charge >= 0.3 is 0 Å². The number of benzene rings is 1. The van der Waals surface area contributed by atoms with Gasteiger partial charge in [-0.05, 0) is 48.9 Å². The molecule has 6 rings (SSSR count). The molecule has 1 spiro atoms. The molecule has 3 aliphatic heterocycles. The molecule has 1 aromatic carbocycles. The van der Waals surface area contributed by atoms with Gasteiger partial charge in [0.25, 0.3) is 0 Å². The van der Waals surface area contributed by atoms with E-state index in [1.165, 1.54) is 6.42 Å². The number of nitrogens with one attached hydrogen (secondary N) is 2. The Balaban J connectivity index is 1.33. The van der Waals surface area contributed by atoms with Gasteiger partial charge in [0, 0.05) is 22.5 Å². The normalized spacial score (nSPS) is 32.0. The number of halogens is 1. The van der Waals surface area contributed by atoms with Gasteiger partial charge in [0.15, 0.2) is 0 Å². The van der Waals surface area contributed by atoms with Crippen LogP contribution in [0.5, 0.6) is 0 Å². The number of carbonyl (C=O) groups is 3. The fourth-order valence-electron chi connectivity index (χ4n) is 6.81. The van der Waals surface area contributed by atoms with Gasteiger partial charge in [-0.25, -0.2) is 0 Å². The summed E-state index contributed by atoms with van der Waals surface area (Å²) in [4.78, 5) is 44.4. The lowest BCUT2D eigenvalue weighted by Crippen LogP contribution is -2.56. The smallest absolute Gasteiger partial charge is 0.246 e. The fraction of sp³-hybridized carbons (Fsp3) is 0.483. The zero-order valence-corrected chi connectivity index (χ0v) is 22.9. The van der Waals surface area contributed by atoms with E-state index in [2.05, 4.69) is 10.6 Å². The molecule has 4 heterocycles. The Morgan fingerprint density at radius 1 is 1.11 bits per heavy atom. The number of hydrogen-bond donors (Lipinski definition) is 2. The van der Waals surface area contributed by atoms with Gasteiger partial charge in [0.1, 0.15) is 11.6 Å². The van der Waals surface area contributed by atoms with E-state index >= 15 is 0 Å². The van der Waals surface area contributed by atoms with Crippen molar-refractivity contribution in [1.82, 2.24) is 15.5 Å². The minimum Gasteiger partial charge on any atom is -0.356 e. The van der Waals surface area contributed by atoms with Crippen molar-refractivity contribution < 1.29 is 19.1 Å². The molecule has 2 bridgehead atoms. The van der Waals surface area contributed by atoms with Crippen molar-refractivity contribution >= 4 is 40.7 Å². The van der Waals surface area contributed by atoms with E-state index in [9.17, 15) is 14.4 Å². The molecule has 2 N–H and O–H groups in total. The Kier molecular flexibility index (Phi) is 6.61. The molecule has 7 nitrogen and oxygen atoms in total. The summed E-state index contributed by atoms with van der Waals surface area (Å²) in [6, 6.07) is 10.4. The van der Waals surface area contributed by atoms with Crippen molar-refractivity contribution in [3.05, 3.63) is 69.4 Å². The first-order valence-corrected chi connectivity index (χ1v) is 14.6. The molecule has 200 valence electrons. The minimum absolute atomic E-state index is 0.0854. The minimum atomic E-state index is -1.19. The van der Waals surface area contributed by atoms with Crippen molar-refractivity contribution in [2.75, 3.05) is 0 Å².